The predicted molar refractivity (Wildman–Crippen MR) is 116 cm³/mol. The number of aromatic nitrogens is 2. The molecule has 1 heterocycles. The molecule has 0 amide bonds. The van der Waals surface area contributed by atoms with E-state index in [9.17, 15) is 10.2 Å². The normalized spacial score (nSPS) is 11.0. The molecule has 0 unspecified atom stereocenters. The molecular formula is C24H21ClN2O2. The molecular weight excluding hydrogens is 384 g/mol. The summed E-state index contributed by atoms with van der Waals surface area (Å²) in [5, 5.41) is 25.0. The maximum absolute atomic E-state index is 9.71. The fourth-order valence-corrected chi connectivity index (χ4v) is 3.76. The highest BCUT2D eigenvalue weighted by Crippen LogP contribution is 2.34. The second-order valence-electron chi connectivity index (χ2n) is 6.91. The third kappa shape index (κ3) is 3.98. The summed E-state index contributed by atoms with van der Waals surface area (Å²) in [4.78, 5) is 0. The van der Waals surface area contributed by atoms with E-state index in [2.05, 4.69) is 6.92 Å². The van der Waals surface area contributed by atoms with Crippen molar-refractivity contribution in [3.8, 4) is 34.0 Å². The number of halogens is 1. The van der Waals surface area contributed by atoms with Gasteiger partial charge in [-0.3, -0.25) is 4.68 Å². The molecule has 0 saturated carbocycles. The van der Waals surface area contributed by atoms with Crippen molar-refractivity contribution in [3.63, 3.8) is 0 Å². The van der Waals surface area contributed by atoms with E-state index in [0.717, 1.165) is 40.1 Å². The number of aromatic hydroxyl groups is 2. The van der Waals surface area contributed by atoms with Crippen LogP contribution in [0, 0.1) is 0 Å². The third-order valence-corrected chi connectivity index (χ3v) is 5.14. The average molecular weight is 405 g/mol. The molecule has 0 atom stereocenters. The molecule has 0 radical (unpaired) electrons. The molecule has 0 aliphatic heterocycles. The van der Waals surface area contributed by atoms with Gasteiger partial charge in [0.1, 0.15) is 11.5 Å². The van der Waals surface area contributed by atoms with Crippen molar-refractivity contribution in [3.05, 3.63) is 88.9 Å². The van der Waals surface area contributed by atoms with Crippen LogP contribution in [0.3, 0.4) is 0 Å². The fourth-order valence-electron chi connectivity index (χ4n) is 3.55. The summed E-state index contributed by atoms with van der Waals surface area (Å²) in [6.07, 6.45) is 0.794. The summed E-state index contributed by atoms with van der Waals surface area (Å²) in [5.41, 5.74) is 6.00. The van der Waals surface area contributed by atoms with E-state index in [4.69, 9.17) is 16.7 Å². The Morgan fingerprint density at radius 3 is 2.07 bits per heavy atom. The molecule has 5 heteroatoms. The van der Waals surface area contributed by atoms with Gasteiger partial charge in [0, 0.05) is 21.7 Å². The Morgan fingerprint density at radius 2 is 1.48 bits per heavy atom. The number of phenols is 2. The lowest BCUT2D eigenvalue weighted by molar-refractivity contribution is 0.475. The molecule has 146 valence electrons. The lowest BCUT2D eigenvalue weighted by atomic mass is 9.99. The van der Waals surface area contributed by atoms with E-state index in [0.29, 0.717) is 11.6 Å². The predicted octanol–water partition coefficient (Wildman–Crippen LogP) is 5.89. The SMILES string of the molecule is CCc1c(-c2ccc(O)cc2)nn(Cc2cccc(Cl)c2)c1-c1ccc(O)cc1. The van der Waals surface area contributed by atoms with E-state index in [1.807, 2.05) is 53.2 Å². The molecule has 0 bridgehead atoms. The molecule has 4 aromatic rings. The van der Waals surface area contributed by atoms with Crippen LogP contribution >= 0.6 is 11.6 Å². The Bertz CT molecular complexity index is 1130. The molecule has 4 nitrogen and oxygen atoms in total. The monoisotopic (exact) mass is 404 g/mol. The number of hydrogen-bond donors (Lipinski definition) is 2. The van der Waals surface area contributed by atoms with Crippen LogP contribution in [0.25, 0.3) is 22.5 Å². The van der Waals surface area contributed by atoms with Gasteiger partial charge < -0.3 is 10.2 Å². The molecule has 0 fully saturated rings. The van der Waals surface area contributed by atoms with Gasteiger partial charge in [-0.1, -0.05) is 30.7 Å². The molecule has 29 heavy (non-hydrogen) atoms. The maximum Gasteiger partial charge on any atom is 0.115 e. The minimum atomic E-state index is 0.226. The highest BCUT2D eigenvalue weighted by Gasteiger charge is 2.19. The van der Waals surface area contributed by atoms with Crippen molar-refractivity contribution in [2.75, 3.05) is 0 Å². The first-order valence-electron chi connectivity index (χ1n) is 9.48. The number of phenolic OH excluding ortho intramolecular Hbond substituents is 2. The van der Waals surface area contributed by atoms with Crippen LogP contribution in [0.15, 0.2) is 72.8 Å². The second kappa shape index (κ2) is 8.02. The Morgan fingerprint density at radius 1 is 0.862 bits per heavy atom. The molecule has 0 saturated heterocycles. The van der Waals surface area contributed by atoms with Crippen LogP contribution in [0.4, 0.5) is 0 Å². The van der Waals surface area contributed by atoms with Crippen molar-refractivity contribution in [1.82, 2.24) is 9.78 Å². The first-order chi connectivity index (χ1) is 14.0. The lowest BCUT2D eigenvalue weighted by Crippen LogP contribution is -2.04. The number of rotatable bonds is 5. The number of nitrogens with zero attached hydrogens (tertiary/aromatic N) is 2. The van der Waals surface area contributed by atoms with E-state index in [-0.39, 0.29) is 11.5 Å². The van der Waals surface area contributed by atoms with Crippen LogP contribution < -0.4 is 0 Å². The fraction of sp³-hybridized carbons (Fsp3) is 0.125. The average Bonchev–Trinajstić information content (AvgIpc) is 3.07. The highest BCUT2D eigenvalue weighted by molar-refractivity contribution is 6.30. The van der Waals surface area contributed by atoms with Gasteiger partial charge >= 0.3 is 0 Å². The zero-order valence-corrected chi connectivity index (χ0v) is 16.8. The molecule has 0 aliphatic carbocycles. The quantitative estimate of drug-likeness (QED) is 0.436. The summed E-state index contributed by atoms with van der Waals surface area (Å²) in [6, 6.07) is 22.0. The Labute approximate surface area is 174 Å². The van der Waals surface area contributed by atoms with Crippen LogP contribution in [0.1, 0.15) is 18.1 Å². The minimum Gasteiger partial charge on any atom is -0.508 e. The lowest BCUT2D eigenvalue weighted by Gasteiger charge is -2.10. The Kier molecular flexibility index (Phi) is 5.28. The molecule has 3 aromatic carbocycles. The first-order valence-corrected chi connectivity index (χ1v) is 9.86. The van der Waals surface area contributed by atoms with Gasteiger partial charge in [0.2, 0.25) is 0 Å². The van der Waals surface area contributed by atoms with Gasteiger partial charge in [-0.15, -0.1) is 0 Å². The summed E-state index contributed by atoms with van der Waals surface area (Å²) in [5.74, 6) is 0.454. The van der Waals surface area contributed by atoms with Gasteiger partial charge in [0.05, 0.1) is 17.9 Å². The smallest absolute Gasteiger partial charge is 0.115 e. The van der Waals surface area contributed by atoms with E-state index in [1.165, 1.54) is 0 Å². The third-order valence-electron chi connectivity index (χ3n) is 4.91. The van der Waals surface area contributed by atoms with Crippen molar-refractivity contribution >= 4 is 11.6 Å². The first kappa shape index (κ1) is 19.1. The van der Waals surface area contributed by atoms with Gasteiger partial charge in [-0.25, -0.2) is 0 Å². The Balaban J connectivity index is 1.89. The van der Waals surface area contributed by atoms with Crippen molar-refractivity contribution < 1.29 is 10.2 Å². The minimum absolute atomic E-state index is 0.226. The molecule has 1 aromatic heterocycles. The summed E-state index contributed by atoms with van der Waals surface area (Å²) in [6.45, 7) is 2.68. The topological polar surface area (TPSA) is 58.3 Å². The number of benzene rings is 3. The van der Waals surface area contributed by atoms with Crippen LogP contribution in [-0.4, -0.2) is 20.0 Å². The molecule has 2 N–H and O–H groups in total. The molecule has 0 aliphatic rings. The van der Waals surface area contributed by atoms with Gasteiger partial charge in [0.15, 0.2) is 0 Å². The summed E-state index contributed by atoms with van der Waals surface area (Å²) in [7, 11) is 0. The van der Waals surface area contributed by atoms with Crippen LogP contribution in [0.5, 0.6) is 11.5 Å². The zero-order chi connectivity index (χ0) is 20.4. The summed E-state index contributed by atoms with van der Waals surface area (Å²) < 4.78 is 1.99. The van der Waals surface area contributed by atoms with Crippen molar-refractivity contribution in [2.24, 2.45) is 0 Å². The standard InChI is InChI=1S/C24H21ClN2O2/c1-2-22-23(17-6-10-20(28)11-7-17)26-27(15-16-4-3-5-19(25)14-16)24(22)18-8-12-21(29)13-9-18/h3-14,28-29H,2,15H2,1H3. The van der Waals surface area contributed by atoms with Crippen molar-refractivity contribution in [2.45, 2.75) is 19.9 Å². The highest BCUT2D eigenvalue weighted by atomic mass is 35.5. The van der Waals surface area contributed by atoms with Gasteiger partial charge in [0.25, 0.3) is 0 Å². The Hall–Kier alpha value is -3.24. The second-order valence-corrected chi connectivity index (χ2v) is 7.35. The van der Waals surface area contributed by atoms with E-state index in [1.54, 1.807) is 24.3 Å². The maximum atomic E-state index is 9.71. The van der Waals surface area contributed by atoms with Crippen LogP contribution in [0.2, 0.25) is 5.02 Å². The van der Waals surface area contributed by atoms with Gasteiger partial charge in [-0.05, 0) is 72.6 Å². The largest absolute Gasteiger partial charge is 0.508 e. The summed E-state index contributed by atoms with van der Waals surface area (Å²) >= 11 is 6.18. The number of hydrogen-bond acceptors (Lipinski definition) is 3. The zero-order valence-electron chi connectivity index (χ0n) is 16.0. The molecule has 4 rings (SSSR count). The van der Waals surface area contributed by atoms with Crippen molar-refractivity contribution in [1.29, 1.82) is 0 Å². The van der Waals surface area contributed by atoms with Crippen LogP contribution in [-0.2, 0) is 13.0 Å². The van der Waals surface area contributed by atoms with Gasteiger partial charge in [-0.2, -0.15) is 5.10 Å². The molecule has 0 spiro atoms. The van der Waals surface area contributed by atoms with E-state index < -0.39 is 0 Å². The van der Waals surface area contributed by atoms with E-state index >= 15 is 0 Å².